The Labute approximate surface area is 153 Å². The predicted octanol–water partition coefficient (Wildman–Crippen LogP) is 1.35. The average molecular weight is 371 g/mol. The molecule has 4 amide bonds. The van der Waals surface area contributed by atoms with Crippen LogP contribution in [0.3, 0.4) is 0 Å². The first-order valence-electron chi connectivity index (χ1n) is 9.54. The summed E-state index contributed by atoms with van der Waals surface area (Å²) in [5.41, 5.74) is 0. The van der Waals surface area contributed by atoms with Crippen molar-refractivity contribution in [3.8, 4) is 0 Å². The number of hydrogen-bond donors (Lipinski definition) is 2. The number of nitrogens with zero attached hydrogens (tertiary/aromatic N) is 2. The summed E-state index contributed by atoms with van der Waals surface area (Å²) >= 11 is 0. The smallest absolute Gasteiger partial charge is 0.351 e. The van der Waals surface area contributed by atoms with Crippen LogP contribution in [0.2, 0.25) is 0 Å². The lowest BCUT2D eigenvalue weighted by Crippen LogP contribution is -2.50. The van der Waals surface area contributed by atoms with Crippen LogP contribution in [0.1, 0.15) is 38.5 Å². The molecular formula is C17H29N3O6. The van der Waals surface area contributed by atoms with E-state index in [0.717, 1.165) is 50.4 Å². The Bertz CT molecular complexity index is 479. The molecule has 2 N–H and O–H groups in total. The van der Waals surface area contributed by atoms with Crippen LogP contribution in [0.25, 0.3) is 0 Å². The first-order valence-corrected chi connectivity index (χ1v) is 9.54. The molecule has 0 radical (unpaired) electrons. The Morgan fingerprint density at radius 3 is 1.92 bits per heavy atom. The number of rotatable bonds is 12. The monoisotopic (exact) mass is 371 g/mol. The molecule has 3 saturated heterocycles. The molecule has 3 unspecified atom stereocenters. The molecule has 0 aliphatic carbocycles. The number of epoxide rings is 3. The predicted molar refractivity (Wildman–Crippen MR) is 90.9 cm³/mol. The van der Waals surface area contributed by atoms with Gasteiger partial charge in [-0.3, -0.25) is 5.21 Å². The normalized spacial score (nSPS) is 25.5. The van der Waals surface area contributed by atoms with Crippen LogP contribution in [0.15, 0.2) is 0 Å². The summed E-state index contributed by atoms with van der Waals surface area (Å²) in [4.78, 5) is 26.0. The minimum atomic E-state index is -0.679. The van der Waals surface area contributed by atoms with E-state index in [1.807, 2.05) is 0 Å². The van der Waals surface area contributed by atoms with Crippen molar-refractivity contribution in [2.45, 2.75) is 56.8 Å². The zero-order chi connectivity index (χ0) is 18.4. The number of ether oxygens (including phenoxy) is 3. The van der Waals surface area contributed by atoms with Crippen molar-refractivity contribution in [1.82, 2.24) is 15.3 Å². The van der Waals surface area contributed by atoms with Gasteiger partial charge in [0.15, 0.2) is 0 Å². The first-order chi connectivity index (χ1) is 12.6. The van der Waals surface area contributed by atoms with Gasteiger partial charge in [-0.1, -0.05) is 0 Å². The number of hydrogen-bond acceptors (Lipinski definition) is 6. The van der Waals surface area contributed by atoms with E-state index in [1.54, 1.807) is 0 Å². The number of carbonyl (C=O) groups excluding carboxylic acids is 2. The SMILES string of the molecule is O=C(NCCCC1CO1)N(CCCC1CO1)C(=O)N(O)CCCC1CO1. The number of hydroxylamine groups is 2. The Morgan fingerprint density at radius 2 is 1.38 bits per heavy atom. The van der Waals surface area contributed by atoms with E-state index < -0.39 is 12.1 Å². The van der Waals surface area contributed by atoms with Gasteiger partial charge >= 0.3 is 12.1 Å². The topological polar surface area (TPSA) is 110 Å². The summed E-state index contributed by atoms with van der Waals surface area (Å²) in [5, 5.41) is 13.4. The molecule has 3 aliphatic rings. The van der Waals surface area contributed by atoms with Gasteiger partial charge in [0.1, 0.15) is 0 Å². The Kier molecular flexibility index (Phi) is 7.07. The Morgan fingerprint density at radius 1 is 0.885 bits per heavy atom. The molecule has 3 atom stereocenters. The van der Waals surface area contributed by atoms with Crippen molar-refractivity contribution in [3.05, 3.63) is 0 Å². The van der Waals surface area contributed by atoms with E-state index in [1.165, 1.54) is 0 Å². The lowest BCUT2D eigenvalue weighted by atomic mass is 10.2. The van der Waals surface area contributed by atoms with Gasteiger partial charge in [0, 0.05) is 13.1 Å². The summed E-state index contributed by atoms with van der Waals surface area (Å²) in [5.74, 6) is 0. The van der Waals surface area contributed by atoms with Crippen LogP contribution in [0, 0.1) is 0 Å². The van der Waals surface area contributed by atoms with Crippen molar-refractivity contribution in [3.63, 3.8) is 0 Å². The molecule has 0 aromatic rings. The van der Waals surface area contributed by atoms with Gasteiger partial charge in [-0.05, 0) is 38.5 Å². The molecule has 9 heteroatoms. The summed E-state index contributed by atoms with van der Waals surface area (Å²) in [6.07, 6.45) is 5.44. The molecule has 3 fully saturated rings. The quantitative estimate of drug-likeness (QED) is 0.232. The maximum Gasteiger partial charge on any atom is 0.351 e. The van der Waals surface area contributed by atoms with E-state index in [9.17, 15) is 14.8 Å². The molecule has 0 saturated carbocycles. The second-order valence-electron chi connectivity index (χ2n) is 7.08. The second-order valence-corrected chi connectivity index (χ2v) is 7.08. The number of imide groups is 1. The van der Waals surface area contributed by atoms with Crippen LogP contribution in [0.5, 0.6) is 0 Å². The molecule has 3 heterocycles. The fourth-order valence-corrected chi connectivity index (χ4v) is 2.79. The second kappa shape index (κ2) is 9.50. The van der Waals surface area contributed by atoms with Crippen molar-refractivity contribution in [1.29, 1.82) is 0 Å². The van der Waals surface area contributed by atoms with Gasteiger partial charge in [-0.2, -0.15) is 0 Å². The maximum absolute atomic E-state index is 12.5. The maximum atomic E-state index is 12.5. The van der Waals surface area contributed by atoms with Gasteiger partial charge in [-0.25, -0.2) is 19.6 Å². The fraction of sp³-hybridized carbons (Fsp3) is 0.882. The third-order valence-electron chi connectivity index (χ3n) is 4.69. The summed E-state index contributed by atoms with van der Waals surface area (Å²) < 4.78 is 15.4. The lowest BCUT2D eigenvalue weighted by molar-refractivity contribution is -0.0541. The molecule has 3 rings (SSSR count). The molecule has 0 bridgehead atoms. The van der Waals surface area contributed by atoms with Crippen LogP contribution in [-0.2, 0) is 14.2 Å². The zero-order valence-electron chi connectivity index (χ0n) is 15.1. The van der Waals surface area contributed by atoms with Gasteiger partial charge in [0.2, 0.25) is 0 Å². The molecular weight excluding hydrogens is 342 g/mol. The van der Waals surface area contributed by atoms with Crippen molar-refractivity contribution >= 4 is 12.1 Å². The Balaban J connectivity index is 1.40. The molecule has 0 aromatic heterocycles. The number of carbonyl (C=O) groups is 2. The third kappa shape index (κ3) is 7.06. The molecule has 3 aliphatic heterocycles. The standard InChI is InChI=1S/C17H29N3O6/c21-16(18-7-1-4-13-10-24-13)19(8-2-5-14-11-25-14)17(22)20(23)9-3-6-15-12-26-15/h13-15,23H,1-12H2,(H,18,21). The Hall–Kier alpha value is -1.42. The molecule has 26 heavy (non-hydrogen) atoms. The summed E-state index contributed by atoms with van der Waals surface area (Å²) in [7, 11) is 0. The van der Waals surface area contributed by atoms with E-state index in [2.05, 4.69) is 5.32 Å². The average Bonchev–Trinajstić information content (AvgIpc) is 3.47. The highest BCUT2D eigenvalue weighted by Crippen LogP contribution is 2.17. The van der Waals surface area contributed by atoms with E-state index in [4.69, 9.17) is 14.2 Å². The highest BCUT2D eigenvalue weighted by atomic mass is 16.6. The van der Waals surface area contributed by atoms with Crippen LogP contribution >= 0.6 is 0 Å². The number of amides is 4. The minimum Gasteiger partial charge on any atom is -0.373 e. The van der Waals surface area contributed by atoms with Gasteiger partial charge < -0.3 is 19.5 Å². The van der Waals surface area contributed by atoms with E-state index in [-0.39, 0.29) is 25.3 Å². The molecule has 0 aromatic carbocycles. The van der Waals surface area contributed by atoms with Crippen molar-refractivity contribution < 1.29 is 29.0 Å². The molecule has 9 nitrogen and oxygen atoms in total. The van der Waals surface area contributed by atoms with E-state index >= 15 is 0 Å². The zero-order valence-corrected chi connectivity index (χ0v) is 15.1. The van der Waals surface area contributed by atoms with E-state index in [0.29, 0.717) is 30.6 Å². The first kappa shape index (κ1) is 19.3. The van der Waals surface area contributed by atoms with Crippen LogP contribution in [-0.4, -0.2) is 85.0 Å². The summed E-state index contributed by atoms with van der Waals surface area (Å²) in [6.45, 7) is 3.24. The highest BCUT2D eigenvalue weighted by Gasteiger charge is 2.29. The lowest BCUT2D eigenvalue weighted by Gasteiger charge is -2.25. The number of urea groups is 2. The van der Waals surface area contributed by atoms with Gasteiger partial charge in [0.25, 0.3) is 0 Å². The largest absolute Gasteiger partial charge is 0.373 e. The molecule has 0 spiro atoms. The van der Waals surface area contributed by atoms with Crippen LogP contribution < -0.4 is 5.32 Å². The van der Waals surface area contributed by atoms with Crippen molar-refractivity contribution in [2.75, 3.05) is 39.5 Å². The fourth-order valence-electron chi connectivity index (χ4n) is 2.79. The van der Waals surface area contributed by atoms with Gasteiger partial charge in [0.05, 0.1) is 44.7 Å². The van der Waals surface area contributed by atoms with Gasteiger partial charge in [-0.15, -0.1) is 0 Å². The third-order valence-corrected chi connectivity index (χ3v) is 4.69. The summed E-state index contributed by atoms with van der Waals surface area (Å²) in [6, 6.07) is -1.14. The molecule has 148 valence electrons. The van der Waals surface area contributed by atoms with Crippen LogP contribution in [0.4, 0.5) is 9.59 Å². The number of nitrogens with one attached hydrogen (secondary N) is 1. The minimum absolute atomic E-state index is 0.188. The highest BCUT2D eigenvalue weighted by molar-refractivity contribution is 5.93. The van der Waals surface area contributed by atoms with Crippen molar-refractivity contribution in [2.24, 2.45) is 0 Å².